The maximum atomic E-state index is 14.0. The Morgan fingerprint density at radius 3 is 2.63 bits per heavy atom. The summed E-state index contributed by atoms with van der Waals surface area (Å²) in [5.41, 5.74) is 1.32. The van der Waals surface area contributed by atoms with E-state index in [0.717, 1.165) is 22.8 Å². The van der Waals surface area contributed by atoms with E-state index in [1.807, 2.05) is 43.3 Å². The van der Waals surface area contributed by atoms with E-state index in [4.69, 9.17) is 16.3 Å². The van der Waals surface area contributed by atoms with Gasteiger partial charge in [0.15, 0.2) is 0 Å². The average Bonchev–Trinajstić information content (AvgIpc) is 2.69. The van der Waals surface area contributed by atoms with Crippen molar-refractivity contribution in [3.63, 3.8) is 0 Å². The summed E-state index contributed by atoms with van der Waals surface area (Å²) in [6.45, 7) is 2.69. The van der Waals surface area contributed by atoms with Gasteiger partial charge in [0.25, 0.3) is 0 Å². The molecule has 0 heterocycles. The van der Waals surface area contributed by atoms with Gasteiger partial charge in [0.2, 0.25) is 0 Å². The van der Waals surface area contributed by atoms with Gasteiger partial charge in [-0.2, -0.15) is 0 Å². The van der Waals surface area contributed by atoms with Crippen LogP contribution in [-0.2, 0) is 13.2 Å². The Morgan fingerprint density at radius 1 is 1.07 bits per heavy atom. The first-order valence-corrected chi connectivity index (χ1v) is 9.42. The Hall–Kier alpha value is -2.14. The predicted molar refractivity (Wildman–Crippen MR) is 108 cm³/mol. The molecule has 0 aromatic heterocycles. The minimum absolute atomic E-state index is 0.0119. The van der Waals surface area contributed by atoms with Crippen LogP contribution in [0.2, 0.25) is 5.02 Å². The van der Waals surface area contributed by atoms with E-state index in [1.165, 1.54) is 6.07 Å². The Balaban J connectivity index is 1.90. The van der Waals surface area contributed by atoms with Crippen LogP contribution in [0, 0.1) is 5.82 Å². The molecule has 0 aliphatic heterocycles. The predicted octanol–water partition coefficient (Wildman–Crippen LogP) is 5.07. The van der Waals surface area contributed by atoms with Crippen LogP contribution in [0.25, 0.3) is 10.8 Å². The maximum Gasteiger partial charge on any atom is 0.131 e. The van der Waals surface area contributed by atoms with Gasteiger partial charge in [-0.3, -0.25) is 0 Å². The van der Waals surface area contributed by atoms with Gasteiger partial charge >= 0.3 is 0 Å². The first-order valence-electron chi connectivity index (χ1n) is 9.04. The second-order valence-electron chi connectivity index (χ2n) is 6.42. The van der Waals surface area contributed by atoms with Crippen LogP contribution >= 0.6 is 11.6 Å². The fourth-order valence-corrected chi connectivity index (χ4v) is 3.26. The highest BCUT2D eigenvalue weighted by molar-refractivity contribution is 6.31. The van der Waals surface area contributed by atoms with Crippen molar-refractivity contribution in [3.05, 3.63) is 76.6 Å². The molecule has 142 valence electrons. The second-order valence-corrected chi connectivity index (χ2v) is 6.83. The van der Waals surface area contributed by atoms with Crippen LogP contribution in [0.4, 0.5) is 4.39 Å². The zero-order valence-corrected chi connectivity index (χ0v) is 16.0. The van der Waals surface area contributed by atoms with Crippen LogP contribution in [0.3, 0.4) is 0 Å². The van der Waals surface area contributed by atoms with Gasteiger partial charge in [-0.05, 0) is 35.4 Å². The normalized spacial score (nSPS) is 12.3. The second kappa shape index (κ2) is 9.18. The number of ether oxygens (including phenoxy) is 1. The van der Waals surface area contributed by atoms with Crippen molar-refractivity contribution in [2.24, 2.45) is 0 Å². The Kier molecular flexibility index (Phi) is 6.67. The standard InChI is InChI=1S/C22H23ClFNO2/c1-2-16(13-26)25-12-18-17-7-4-3-6-15(17)10-11-22(18)27-14-19-20(23)8-5-9-21(19)24/h3-11,16,25-26H,2,12-14H2,1H3/t16-/m0/s1. The number of hydrogen-bond donors (Lipinski definition) is 2. The molecule has 3 rings (SSSR count). The summed E-state index contributed by atoms with van der Waals surface area (Å²) in [6, 6.07) is 16.5. The third-order valence-corrected chi connectivity index (χ3v) is 5.07. The molecule has 27 heavy (non-hydrogen) atoms. The summed E-state index contributed by atoms with van der Waals surface area (Å²) in [7, 11) is 0. The molecule has 0 radical (unpaired) electrons. The fourth-order valence-electron chi connectivity index (χ4n) is 3.04. The van der Waals surface area contributed by atoms with Crippen molar-refractivity contribution in [1.29, 1.82) is 0 Å². The number of aliphatic hydroxyl groups is 1. The van der Waals surface area contributed by atoms with Gasteiger partial charge in [-0.1, -0.05) is 54.9 Å². The van der Waals surface area contributed by atoms with Crippen molar-refractivity contribution in [1.82, 2.24) is 5.32 Å². The number of benzene rings is 3. The van der Waals surface area contributed by atoms with E-state index < -0.39 is 0 Å². The lowest BCUT2D eigenvalue weighted by atomic mass is 10.0. The highest BCUT2D eigenvalue weighted by Gasteiger charge is 2.13. The third-order valence-electron chi connectivity index (χ3n) is 4.71. The molecule has 5 heteroatoms. The maximum absolute atomic E-state index is 14.0. The average molecular weight is 388 g/mol. The molecule has 1 atom stereocenters. The number of halogens is 2. The molecular formula is C22H23ClFNO2. The Morgan fingerprint density at radius 2 is 1.89 bits per heavy atom. The van der Waals surface area contributed by atoms with E-state index in [2.05, 4.69) is 5.32 Å². The highest BCUT2D eigenvalue weighted by Crippen LogP contribution is 2.30. The number of fused-ring (bicyclic) bond motifs is 1. The van der Waals surface area contributed by atoms with Crippen molar-refractivity contribution >= 4 is 22.4 Å². The first-order chi connectivity index (χ1) is 13.1. The Labute approximate surface area is 163 Å². The molecule has 3 aromatic rings. The smallest absolute Gasteiger partial charge is 0.131 e. The van der Waals surface area contributed by atoms with Crippen molar-refractivity contribution in [2.45, 2.75) is 32.5 Å². The highest BCUT2D eigenvalue weighted by atomic mass is 35.5. The quantitative estimate of drug-likeness (QED) is 0.567. The van der Waals surface area contributed by atoms with Crippen LogP contribution in [0.1, 0.15) is 24.5 Å². The molecule has 0 bridgehead atoms. The van der Waals surface area contributed by atoms with E-state index in [9.17, 15) is 9.50 Å². The van der Waals surface area contributed by atoms with Crippen LogP contribution in [-0.4, -0.2) is 17.8 Å². The molecule has 3 aromatic carbocycles. The molecule has 0 unspecified atom stereocenters. The number of hydrogen-bond acceptors (Lipinski definition) is 3. The van der Waals surface area contributed by atoms with Crippen molar-refractivity contribution in [3.8, 4) is 5.75 Å². The zero-order chi connectivity index (χ0) is 19.2. The molecule has 0 saturated carbocycles. The van der Waals surface area contributed by atoms with Crippen molar-refractivity contribution < 1.29 is 14.2 Å². The summed E-state index contributed by atoms with van der Waals surface area (Å²) >= 11 is 6.11. The van der Waals surface area contributed by atoms with Crippen LogP contribution in [0.15, 0.2) is 54.6 Å². The molecule has 0 saturated heterocycles. The largest absolute Gasteiger partial charge is 0.488 e. The van der Waals surface area contributed by atoms with Gasteiger partial charge in [0, 0.05) is 23.7 Å². The minimum atomic E-state index is -0.380. The molecule has 0 spiro atoms. The summed E-state index contributed by atoms with van der Waals surface area (Å²) in [5, 5.41) is 15.3. The Bertz CT molecular complexity index is 892. The molecular weight excluding hydrogens is 365 g/mol. The summed E-state index contributed by atoms with van der Waals surface area (Å²) in [5.74, 6) is 0.294. The fraction of sp³-hybridized carbons (Fsp3) is 0.273. The van der Waals surface area contributed by atoms with Gasteiger partial charge in [-0.25, -0.2) is 4.39 Å². The van der Waals surface area contributed by atoms with E-state index in [-0.39, 0.29) is 25.1 Å². The van der Waals surface area contributed by atoms with Crippen molar-refractivity contribution in [2.75, 3.05) is 6.61 Å². The van der Waals surface area contributed by atoms with Crippen LogP contribution in [0.5, 0.6) is 5.75 Å². The monoisotopic (exact) mass is 387 g/mol. The van der Waals surface area contributed by atoms with E-state index in [0.29, 0.717) is 22.9 Å². The lowest BCUT2D eigenvalue weighted by Gasteiger charge is -2.19. The van der Waals surface area contributed by atoms with Gasteiger partial charge in [0.05, 0.1) is 11.6 Å². The molecule has 3 nitrogen and oxygen atoms in total. The molecule has 0 amide bonds. The number of rotatable bonds is 8. The zero-order valence-electron chi connectivity index (χ0n) is 15.2. The van der Waals surface area contributed by atoms with E-state index >= 15 is 0 Å². The lowest BCUT2D eigenvalue weighted by molar-refractivity contribution is 0.237. The first kappa shape index (κ1) is 19.6. The summed E-state index contributed by atoms with van der Waals surface area (Å²) in [6.07, 6.45) is 0.822. The topological polar surface area (TPSA) is 41.5 Å². The molecule has 0 fully saturated rings. The van der Waals surface area contributed by atoms with Gasteiger partial charge < -0.3 is 15.2 Å². The van der Waals surface area contributed by atoms with E-state index in [1.54, 1.807) is 12.1 Å². The lowest BCUT2D eigenvalue weighted by Crippen LogP contribution is -2.31. The van der Waals surface area contributed by atoms with Gasteiger partial charge in [0.1, 0.15) is 18.2 Å². The summed E-state index contributed by atoms with van der Waals surface area (Å²) in [4.78, 5) is 0. The minimum Gasteiger partial charge on any atom is -0.488 e. The van der Waals surface area contributed by atoms with Crippen LogP contribution < -0.4 is 10.1 Å². The van der Waals surface area contributed by atoms with Gasteiger partial charge in [-0.15, -0.1) is 0 Å². The molecule has 0 aliphatic carbocycles. The molecule has 2 N–H and O–H groups in total. The molecule has 0 aliphatic rings. The third kappa shape index (κ3) is 4.59. The SMILES string of the molecule is CC[C@@H](CO)NCc1c(OCc2c(F)cccc2Cl)ccc2ccccc12. The number of nitrogens with one attached hydrogen (secondary N) is 1. The summed E-state index contributed by atoms with van der Waals surface area (Å²) < 4.78 is 20.0. The number of aliphatic hydroxyl groups excluding tert-OH is 1.